The molecule has 1 aromatic carbocycles. The van der Waals surface area contributed by atoms with Crippen molar-refractivity contribution >= 4 is 11.6 Å². The molecule has 2 unspecified atom stereocenters. The van der Waals surface area contributed by atoms with Gasteiger partial charge >= 0.3 is 0 Å². The van der Waals surface area contributed by atoms with Crippen molar-refractivity contribution in [3.05, 3.63) is 39.9 Å². The first-order chi connectivity index (χ1) is 9.95. The molecule has 0 bridgehead atoms. The van der Waals surface area contributed by atoms with Crippen LogP contribution in [0.15, 0.2) is 24.3 Å². The summed E-state index contributed by atoms with van der Waals surface area (Å²) >= 11 is 0. The van der Waals surface area contributed by atoms with E-state index in [1.54, 1.807) is 26.2 Å². The molecule has 0 saturated heterocycles. The van der Waals surface area contributed by atoms with Gasteiger partial charge in [-0.3, -0.25) is 20.2 Å². The number of benzene rings is 1. The summed E-state index contributed by atoms with van der Waals surface area (Å²) in [6, 6.07) is 5.82. The maximum absolute atomic E-state index is 11.8. The first-order valence-electron chi connectivity index (χ1n) is 6.72. The Bertz CT molecular complexity index is 476. The highest BCUT2D eigenvalue weighted by Crippen LogP contribution is 2.17. The molecule has 116 valence electrons. The molecule has 1 aromatic rings. The van der Waals surface area contributed by atoms with Crippen molar-refractivity contribution in [2.75, 3.05) is 20.3 Å². The van der Waals surface area contributed by atoms with E-state index >= 15 is 0 Å². The molecule has 0 aliphatic rings. The number of nitro benzene ring substituents is 1. The Morgan fingerprint density at radius 2 is 1.95 bits per heavy atom. The minimum atomic E-state index is -0.437. The van der Waals surface area contributed by atoms with Crippen molar-refractivity contribution in [1.82, 2.24) is 10.6 Å². The lowest BCUT2D eigenvalue weighted by atomic mass is 10.1. The second-order valence-corrected chi connectivity index (χ2v) is 4.74. The Morgan fingerprint density at radius 1 is 1.33 bits per heavy atom. The molecule has 2 N–H and O–H groups in total. The fourth-order valence-corrected chi connectivity index (χ4v) is 1.86. The molecule has 0 saturated carbocycles. The number of nitrogens with zero attached hydrogens (tertiary/aromatic N) is 1. The number of methoxy groups -OCH3 is 1. The van der Waals surface area contributed by atoms with Crippen LogP contribution in [0.1, 0.15) is 25.5 Å². The van der Waals surface area contributed by atoms with Gasteiger partial charge in [-0.15, -0.1) is 0 Å². The van der Waals surface area contributed by atoms with Crippen molar-refractivity contribution in [2.45, 2.75) is 25.9 Å². The molecule has 7 heteroatoms. The summed E-state index contributed by atoms with van der Waals surface area (Å²) in [7, 11) is 1.57. The van der Waals surface area contributed by atoms with Crippen LogP contribution in [-0.2, 0) is 9.53 Å². The normalized spacial score (nSPS) is 13.5. The molecule has 0 radical (unpaired) electrons. The zero-order chi connectivity index (χ0) is 15.8. The lowest BCUT2D eigenvalue weighted by molar-refractivity contribution is -0.384. The summed E-state index contributed by atoms with van der Waals surface area (Å²) in [5.41, 5.74) is 0.938. The van der Waals surface area contributed by atoms with Gasteiger partial charge in [0, 0.05) is 31.8 Å². The third kappa shape index (κ3) is 5.49. The highest BCUT2D eigenvalue weighted by Gasteiger charge is 2.16. The van der Waals surface area contributed by atoms with Crippen LogP contribution in [0.3, 0.4) is 0 Å². The van der Waals surface area contributed by atoms with Gasteiger partial charge < -0.3 is 10.1 Å². The van der Waals surface area contributed by atoms with E-state index in [-0.39, 0.29) is 23.7 Å². The average Bonchev–Trinajstić information content (AvgIpc) is 2.47. The Morgan fingerprint density at radius 3 is 2.48 bits per heavy atom. The molecule has 0 aromatic heterocycles. The molecular formula is C14H21N3O4. The van der Waals surface area contributed by atoms with E-state index in [9.17, 15) is 14.9 Å². The van der Waals surface area contributed by atoms with Gasteiger partial charge in [0.2, 0.25) is 5.91 Å². The van der Waals surface area contributed by atoms with Gasteiger partial charge in [-0.05, 0) is 19.4 Å². The van der Waals surface area contributed by atoms with Crippen LogP contribution in [-0.4, -0.2) is 37.1 Å². The number of rotatable bonds is 8. The number of non-ortho nitro benzene ring substituents is 1. The largest absolute Gasteiger partial charge is 0.383 e. The fraction of sp³-hybridized carbons (Fsp3) is 0.500. The summed E-state index contributed by atoms with van der Waals surface area (Å²) in [6.45, 7) is 4.60. The number of nitrogens with one attached hydrogen (secondary N) is 2. The van der Waals surface area contributed by atoms with Gasteiger partial charge in [0.05, 0.1) is 17.6 Å². The van der Waals surface area contributed by atoms with E-state index in [1.165, 1.54) is 12.1 Å². The van der Waals surface area contributed by atoms with Crippen LogP contribution in [0.4, 0.5) is 5.69 Å². The van der Waals surface area contributed by atoms with E-state index in [0.717, 1.165) is 5.56 Å². The van der Waals surface area contributed by atoms with Crippen LogP contribution in [0, 0.1) is 10.1 Å². The van der Waals surface area contributed by atoms with E-state index < -0.39 is 4.92 Å². The predicted molar refractivity (Wildman–Crippen MR) is 79.0 cm³/mol. The number of ether oxygens (including phenoxy) is 1. The molecular weight excluding hydrogens is 274 g/mol. The molecule has 0 aliphatic carbocycles. The average molecular weight is 295 g/mol. The number of carbonyl (C=O) groups is 1. The summed E-state index contributed by atoms with van der Waals surface area (Å²) in [5, 5.41) is 16.5. The Hall–Kier alpha value is -1.99. The number of hydrogen-bond acceptors (Lipinski definition) is 5. The molecule has 0 aliphatic heterocycles. The Balaban J connectivity index is 2.53. The number of nitro groups is 1. The van der Waals surface area contributed by atoms with Crippen molar-refractivity contribution in [2.24, 2.45) is 0 Å². The van der Waals surface area contributed by atoms with Gasteiger partial charge in [0.15, 0.2) is 0 Å². The maximum Gasteiger partial charge on any atom is 0.269 e. The van der Waals surface area contributed by atoms with Gasteiger partial charge in [-0.25, -0.2) is 0 Å². The monoisotopic (exact) mass is 295 g/mol. The van der Waals surface area contributed by atoms with Crippen molar-refractivity contribution in [1.29, 1.82) is 0 Å². The van der Waals surface area contributed by atoms with Gasteiger partial charge in [0.25, 0.3) is 5.69 Å². The summed E-state index contributed by atoms with van der Waals surface area (Å²) in [6.07, 6.45) is 0. The second-order valence-electron chi connectivity index (χ2n) is 4.74. The van der Waals surface area contributed by atoms with Crippen molar-refractivity contribution in [3.63, 3.8) is 0 Å². The van der Waals surface area contributed by atoms with Gasteiger partial charge in [-0.1, -0.05) is 12.1 Å². The number of carbonyl (C=O) groups excluding carboxylic acids is 1. The Labute approximate surface area is 123 Å². The topological polar surface area (TPSA) is 93.5 Å². The molecule has 2 atom stereocenters. The highest BCUT2D eigenvalue weighted by atomic mass is 16.6. The number of amides is 1. The molecule has 0 fully saturated rings. The molecule has 0 spiro atoms. The van der Waals surface area contributed by atoms with E-state index in [1.807, 2.05) is 6.92 Å². The third-order valence-electron chi connectivity index (χ3n) is 3.10. The first kappa shape index (κ1) is 17.1. The zero-order valence-corrected chi connectivity index (χ0v) is 12.5. The van der Waals surface area contributed by atoms with Crippen LogP contribution in [0.5, 0.6) is 0 Å². The smallest absolute Gasteiger partial charge is 0.269 e. The fourth-order valence-electron chi connectivity index (χ4n) is 1.86. The quantitative estimate of drug-likeness (QED) is 0.429. The summed E-state index contributed by atoms with van der Waals surface area (Å²) in [4.78, 5) is 22.0. The lowest BCUT2D eigenvalue weighted by Gasteiger charge is -2.20. The van der Waals surface area contributed by atoms with Crippen LogP contribution in [0.2, 0.25) is 0 Å². The van der Waals surface area contributed by atoms with E-state index in [2.05, 4.69) is 10.6 Å². The van der Waals surface area contributed by atoms with Gasteiger partial charge in [0.1, 0.15) is 0 Å². The predicted octanol–water partition coefficient (Wildman–Crippen LogP) is 1.40. The van der Waals surface area contributed by atoms with Crippen LogP contribution < -0.4 is 10.6 Å². The van der Waals surface area contributed by atoms with E-state index in [0.29, 0.717) is 13.2 Å². The first-order valence-corrected chi connectivity index (χ1v) is 6.72. The maximum atomic E-state index is 11.8. The summed E-state index contributed by atoms with van der Waals surface area (Å²) in [5.74, 6) is -0.110. The Kier molecular flexibility index (Phi) is 6.77. The molecule has 21 heavy (non-hydrogen) atoms. The lowest BCUT2D eigenvalue weighted by Crippen LogP contribution is -2.44. The second kappa shape index (κ2) is 8.33. The van der Waals surface area contributed by atoms with Crippen LogP contribution >= 0.6 is 0 Å². The molecule has 0 heterocycles. The highest BCUT2D eigenvalue weighted by molar-refractivity contribution is 5.81. The van der Waals surface area contributed by atoms with Crippen molar-refractivity contribution in [3.8, 4) is 0 Å². The van der Waals surface area contributed by atoms with Crippen molar-refractivity contribution < 1.29 is 14.5 Å². The van der Waals surface area contributed by atoms with Gasteiger partial charge in [-0.2, -0.15) is 0 Å². The van der Waals surface area contributed by atoms with E-state index in [4.69, 9.17) is 4.74 Å². The third-order valence-corrected chi connectivity index (χ3v) is 3.10. The molecule has 1 amide bonds. The SMILES string of the molecule is COCCNC(=O)C(C)NC(C)c1ccc([N+](=O)[O-])cc1. The standard InChI is InChI=1S/C14H21N3O4/c1-10(12-4-6-13(7-5-12)17(19)20)16-11(2)14(18)15-8-9-21-3/h4-7,10-11,16H,8-9H2,1-3H3,(H,15,18). The number of hydrogen-bond donors (Lipinski definition) is 2. The van der Waals surface area contributed by atoms with Crippen LogP contribution in [0.25, 0.3) is 0 Å². The molecule has 7 nitrogen and oxygen atoms in total. The minimum absolute atomic E-state index is 0.0521. The summed E-state index contributed by atoms with van der Waals surface area (Å²) < 4.78 is 4.86. The molecule has 1 rings (SSSR count). The zero-order valence-electron chi connectivity index (χ0n) is 12.5. The minimum Gasteiger partial charge on any atom is -0.383 e.